The zero-order valence-corrected chi connectivity index (χ0v) is 20.0. The van der Waals surface area contributed by atoms with Crippen LogP contribution in [-0.2, 0) is 16.6 Å². The molecule has 0 atom stereocenters. The number of ether oxygens (including phenoxy) is 1. The third-order valence-corrected chi connectivity index (χ3v) is 7.31. The molecule has 172 valence electrons. The topological polar surface area (TPSA) is 66.9 Å². The molecule has 3 aromatic carbocycles. The van der Waals surface area contributed by atoms with Crippen LogP contribution in [0.4, 0.5) is 5.69 Å². The first-order valence-electron chi connectivity index (χ1n) is 10.1. The van der Waals surface area contributed by atoms with Crippen LogP contribution in [-0.4, -0.2) is 39.9 Å². The zero-order valence-electron chi connectivity index (χ0n) is 18.4. The first-order valence-corrected chi connectivity index (χ1v) is 12.0. The molecule has 0 aliphatic carbocycles. The molecule has 0 aliphatic rings. The smallest absolute Gasteiger partial charge is 0.266 e. The maximum Gasteiger partial charge on any atom is 0.266 e. The van der Waals surface area contributed by atoms with Crippen molar-refractivity contribution in [1.29, 1.82) is 0 Å². The van der Waals surface area contributed by atoms with Crippen LogP contribution in [0, 0.1) is 0 Å². The zero-order chi connectivity index (χ0) is 24.0. The number of anilines is 1. The molecule has 3 rings (SSSR count). The molecule has 6 nitrogen and oxygen atoms in total. The van der Waals surface area contributed by atoms with Gasteiger partial charge in [-0.05, 0) is 36.4 Å². The minimum Gasteiger partial charge on any atom is -0.496 e. The van der Waals surface area contributed by atoms with Crippen molar-refractivity contribution in [2.75, 3.05) is 25.0 Å². The Morgan fingerprint density at radius 3 is 2.39 bits per heavy atom. The Balaban J connectivity index is 1.95. The fraction of sp³-hybridized carbons (Fsp3) is 0.160. The van der Waals surface area contributed by atoms with E-state index in [0.717, 1.165) is 5.56 Å². The van der Waals surface area contributed by atoms with E-state index in [0.29, 0.717) is 18.0 Å². The van der Waals surface area contributed by atoms with Gasteiger partial charge in [-0.25, -0.2) is 8.42 Å². The summed E-state index contributed by atoms with van der Waals surface area (Å²) in [6.45, 7) is 4.01. The fourth-order valence-electron chi connectivity index (χ4n) is 3.39. The van der Waals surface area contributed by atoms with E-state index in [2.05, 4.69) is 6.58 Å². The quantitative estimate of drug-likeness (QED) is 0.401. The van der Waals surface area contributed by atoms with Gasteiger partial charge in [0.2, 0.25) is 0 Å². The van der Waals surface area contributed by atoms with Crippen LogP contribution in [0.5, 0.6) is 5.75 Å². The lowest BCUT2D eigenvalue weighted by Crippen LogP contribution is -2.32. The Morgan fingerprint density at radius 2 is 1.73 bits per heavy atom. The number of para-hydroxylation sites is 2. The molecule has 0 aromatic heterocycles. The number of methoxy groups -OCH3 is 1. The van der Waals surface area contributed by atoms with Crippen LogP contribution >= 0.6 is 11.6 Å². The van der Waals surface area contributed by atoms with E-state index >= 15 is 0 Å². The summed E-state index contributed by atoms with van der Waals surface area (Å²) in [5, 5.41) is 0.0314. The fourth-order valence-corrected chi connectivity index (χ4v) is 5.33. The Labute approximate surface area is 199 Å². The van der Waals surface area contributed by atoms with Gasteiger partial charge in [-0.1, -0.05) is 54.1 Å². The van der Waals surface area contributed by atoms with Crippen LogP contribution in [0.25, 0.3) is 0 Å². The van der Waals surface area contributed by atoms with Gasteiger partial charge in [0.15, 0.2) is 0 Å². The Bertz CT molecular complexity index is 1250. The highest BCUT2D eigenvalue weighted by atomic mass is 35.5. The minimum absolute atomic E-state index is 0.0314. The van der Waals surface area contributed by atoms with E-state index in [4.69, 9.17) is 16.3 Å². The number of rotatable bonds is 9. The Morgan fingerprint density at radius 1 is 1.06 bits per heavy atom. The lowest BCUT2D eigenvalue weighted by Gasteiger charge is -2.24. The second kappa shape index (κ2) is 10.6. The van der Waals surface area contributed by atoms with E-state index in [1.165, 1.54) is 33.5 Å². The van der Waals surface area contributed by atoms with Crippen molar-refractivity contribution in [2.45, 2.75) is 11.4 Å². The number of nitrogens with zero attached hydrogens (tertiary/aromatic N) is 2. The van der Waals surface area contributed by atoms with Gasteiger partial charge in [-0.2, -0.15) is 0 Å². The van der Waals surface area contributed by atoms with Gasteiger partial charge in [0.1, 0.15) is 10.6 Å². The van der Waals surface area contributed by atoms with Gasteiger partial charge >= 0.3 is 0 Å². The van der Waals surface area contributed by atoms with E-state index in [-0.39, 0.29) is 27.9 Å². The number of hydrogen-bond acceptors (Lipinski definition) is 4. The number of amides is 1. The molecule has 33 heavy (non-hydrogen) atoms. The number of hydrogen-bond donors (Lipinski definition) is 0. The maximum atomic E-state index is 13.5. The van der Waals surface area contributed by atoms with Gasteiger partial charge in [-0.3, -0.25) is 9.10 Å². The van der Waals surface area contributed by atoms with Crippen molar-refractivity contribution < 1.29 is 17.9 Å². The van der Waals surface area contributed by atoms with Crippen molar-refractivity contribution in [2.24, 2.45) is 0 Å². The molecule has 3 aromatic rings. The summed E-state index contributed by atoms with van der Waals surface area (Å²) in [7, 11) is -0.846. The standard InChI is InChI=1S/C25H25ClN2O4S/c1-4-16-28(21-11-6-5-7-12-21)33(30,31)24-17-19(14-15-22(24)26)25(29)27(2)18-20-10-8-9-13-23(20)32-3/h4-15,17H,1,16,18H2,2-3H3. The molecule has 0 radical (unpaired) electrons. The Hall–Kier alpha value is -3.29. The molecule has 0 saturated heterocycles. The number of carbonyl (C=O) groups excluding carboxylic acids is 1. The van der Waals surface area contributed by atoms with Crippen molar-refractivity contribution in [3.8, 4) is 5.75 Å². The van der Waals surface area contributed by atoms with E-state index in [1.54, 1.807) is 44.5 Å². The predicted octanol–water partition coefficient (Wildman–Crippen LogP) is 5.00. The van der Waals surface area contributed by atoms with E-state index in [1.807, 2.05) is 24.3 Å². The van der Waals surface area contributed by atoms with Crippen LogP contribution in [0.3, 0.4) is 0 Å². The van der Waals surface area contributed by atoms with Gasteiger partial charge < -0.3 is 9.64 Å². The number of carbonyl (C=O) groups is 1. The molecule has 0 fully saturated rings. The number of halogens is 1. The largest absolute Gasteiger partial charge is 0.496 e. The Kier molecular flexibility index (Phi) is 7.79. The van der Waals surface area contributed by atoms with E-state index in [9.17, 15) is 13.2 Å². The lowest BCUT2D eigenvalue weighted by atomic mass is 10.1. The molecule has 0 saturated carbocycles. The highest BCUT2D eigenvalue weighted by molar-refractivity contribution is 7.93. The molecular weight excluding hydrogens is 460 g/mol. The summed E-state index contributed by atoms with van der Waals surface area (Å²) < 4.78 is 33.6. The van der Waals surface area contributed by atoms with Gasteiger partial charge in [0, 0.05) is 24.7 Å². The minimum atomic E-state index is -4.06. The normalized spacial score (nSPS) is 11.0. The summed E-state index contributed by atoms with van der Waals surface area (Å²) >= 11 is 6.29. The second-order valence-corrected chi connectivity index (χ2v) is 9.52. The van der Waals surface area contributed by atoms with Crippen molar-refractivity contribution in [3.63, 3.8) is 0 Å². The monoisotopic (exact) mass is 484 g/mol. The number of sulfonamides is 1. The van der Waals surface area contributed by atoms with Crippen LogP contribution < -0.4 is 9.04 Å². The van der Waals surface area contributed by atoms with Crippen molar-refractivity contribution >= 4 is 33.2 Å². The molecule has 0 N–H and O–H groups in total. The first kappa shape index (κ1) is 24.4. The molecule has 0 bridgehead atoms. The third kappa shape index (κ3) is 5.38. The van der Waals surface area contributed by atoms with Gasteiger partial charge in [-0.15, -0.1) is 6.58 Å². The summed E-state index contributed by atoms with van der Waals surface area (Å²) in [4.78, 5) is 14.5. The molecule has 0 aliphatic heterocycles. The average Bonchev–Trinajstić information content (AvgIpc) is 2.83. The van der Waals surface area contributed by atoms with Gasteiger partial charge in [0.05, 0.1) is 24.4 Å². The highest BCUT2D eigenvalue weighted by Crippen LogP contribution is 2.30. The molecule has 0 heterocycles. The molecule has 8 heteroatoms. The van der Waals surface area contributed by atoms with Crippen molar-refractivity contribution in [1.82, 2.24) is 4.90 Å². The molecule has 0 unspecified atom stereocenters. The SMILES string of the molecule is C=CCN(c1ccccc1)S(=O)(=O)c1cc(C(=O)N(C)Cc2ccccc2OC)ccc1Cl. The summed E-state index contributed by atoms with van der Waals surface area (Å²) in [5.74, 6) is 0.323. The lowest BCUT2D eigenvalue weighted by molar-refractivity contribution is 0.0784. The third-order valence-electron chi connectivity index (χ3n) is 5.03. The van der Waals surface area contributed by atoms with Crippen LogP contribution in [0.1, 0.15) is 15.9 Å². The van der Waals surface area contributed by atoms with Crippen LogP contribution in [0.2, 0.25) is 5.02 Å². The molecule has 1 amide bonds. The van der Waals surface area contributed by atoms with E-state index < -0.39 is 10.0 Å². The predicted molar refractivity (Wildman–Crippen MR) is 131 cm³/mol. The highest BCUT2D eigenvalue weighted by Gasteiger charge is 2.28. The summed E-state index contributed by atoms with van der Waals surface area (Å²) in [5.41, 5.74) is 1.51. The first-order chi connectivity index (χ1) is 15.8. The van der Waals surface area contributed by atoms with Gasteiger partial charge in [0.25, 0.3) is 15.9 Å². The number of benzene rings is 3. The second-order valence-electron chi connectivity index (χ2n) is 7.28. The summed E-state index contributed by atoms with van der Waals surface area (Å²) in [6.07, 6.45) is 1.49. The maximum absolute atomic E-state index is 13.5. The van der Waals surface area contributed by atoms with Crippen molar-refractivity contribution in [3.05, 3.63) is 102 Å². The summed E-state index contributed by atoms with van der Waals surface area (Å²) in [6, 6.07) is 20.3. The molecule has 0 spiro atoms. The average molecular weight is 485 g/mol. The molecular formula is C25H25ClN2O4S. The van der Waals surface area contributed by atoms with Crippen LogP contribution in [0.15, 0.2) is 90.3 Å².